The van der Waals surface area contributed by atoms with Gasteiger partial charge >= 0.3 is 0 Å². The molecule has 86 valence electrons. The number of primary amides is 1. The summed E-state index contributed by atoms with van der Waals surface area (Å²) in [6.45, 7) is 0. The lowest BCUT2D eigenvalue weighted by Crippen LogP contribution is -2.17. The lowest BCUT2D eigenvalue weighted by Gasteiger charge is -2.04. The average molecular weight is 238 g/mol. The van der Waals surface area contributed by atoms with Crippen LogP contribution in [-0.2, 0) is 9.59 Å². The van der Waals surface area contributed by atoms with Gasteiger partial charge in [-0.2, -0.15) is 0 Å². The number of amides is 2. The molecule has 0 aromatic heterocycles. The fourth-order valence-electron chi connectivity index (χ4n) is 1.13. The van der Waals surface area contributed by atoms with Crippen molar-refractivity contribution in [1.29, 1.82) is 0 Å². The van der Waals surface area contributed by atoms with Gasteiger partial charge in [-0.25, -0.2) is 0 Å². The summed E-state index contributed by atoms with van der Waals surface area (Å²) in [6, 6.07) is 7.50. The molecule has 0 saturated carbocycles. The smallest absolute Gasteiger partial charge is 0.224 e. The van der Waals surface area contributed by atoms with E-state index in [1.165, 1.54) is 0 Å². The molecule has 0 aliphatic heterocycles. The molecule has 16 heavy (non-hydrogen) atoms. The molecule has 0 atom stereocenters. The van der Waals surface area contributed by atoms with Crippen molar-refractivity contribution in [3.05, 3.63) is 24.3 Å². The second-order valence-corrected chi connectivity index (χ2v) is 4.12. The lowest BCUT2D eigenvalue weighted by molar-refractivity contribution is -0.122. The van der Waals surface area contributed by atoms with E-state index in [1.807, 2.05) is 30.5 Å². The Morgan fingerprint density at radius 2 is 1.88 bits per heavy atom. The van der Waals surface area contributed by atoms with Crippen molar-refractivity contribution in [1.82, 2.24) is 0 Å². The zero-order valence-electron chi connectivity index (χ0n) is 9.03. The number of thioether (sulfide) groups is 1. The number of carbonyl (C=O) groups is 2. The summed E-state index contributed by atoms with van der Waals surface area (Å²) >= 11 is 1.64. The number of carbonyl (C=O) groups excluding carboxylic acids is 2. The van der Waals surface area contributed by atoms with Crippen LogP contribution < -0.4 is 11.1 Å². The number of benzene rings is 1. The summed E-state index contributed by atoms with van der Waals surface area (Å²) in [5, 5.41) is 2.69. The highest BCUT2D eigenvalue weighted by Crippen LogP contribution is 2.17. The number of nitrogens with two attached hydrogens (primary N) is 1. The van der Waals surface area contributed by atoms with E-state index >= 15 is 0 Å². The molecule has 0 heterocycles. The molecular weight excluding hydrogens is 224 g/mol. The number of nitrogens with one attached hydrogen (secondary N) is 1. The van der Waals surface area contributed by atoms with Gasteiger partial charge < -0.3 is 11.1 Å². The molecule has 0 bridgehead atoms. The van der Waals surface area contributed by atoms with E-state index in [-0.39, 0.29) is 18.7 Å². The van der Waals surface area contributed by atoms with Crippen molar-refractivity contribution >= 4 is 29.3 Å². The van der Waals surface area contributed by atoms with E-state index in [1.54, 1.807) is 11.8 Å². The minimum atomic E-state index is -0.465. The summed E-state index contributed by atoms with van der Waals surface area (Å²) in [6.07, 6.45) is 2.19. The molecule has 0 radical (unpaired) electrons. The van der Waals surface area contributed by atoms with E-state index in [2.05, 4.69) is 5.32 Å². The van der Waals surface area contributed by atoms with Crippen LogP contribution in [0.2, 0.25) is 0 Å². The van der Waals surface area contributed by atoms with Crippen LogP contribution in [0.3, 0.4) is 0 Å². The second-order valence-electron chi connectivity index (χ2n) is 3.24. The SMILES string of the molecule is CSc1ccc(NC(=O)CCC(N)=O)cc1. The van der Waals surface area contributed by atoms with E-state index < -0.39 is 5.91 Å². The van der Waals surface area contributed by atoms with Crippen LogP contribution in [-0.4, -0.2) is 18.1 Å². The third-order valence-corrected chi connectivity index (χ3v) is 2.72. The normalized spacial score (nSPS) is 9.81. The first-order valence-electron chi connectivity index (χ1n) is 4.84. The Kier molecular flexibility index (Phi) is 4.85. The Bertz CT molecular complexity index is 376. The third kappa shape index (κ3) is 4.35. The van der Waals surface area contributed by atoms with Gasteiger partial charge in [0.1, 0.15) is 0 Å². The largest absolute Gasteiger partial charge is 0.370 e. The summed E-state index contributed by atoms with van der Waals surface area (Å²) in [4.78, 5) is 23.0. The lowest BCUT2D eigenvalue weighted by atomic mass is 10.2. The van der Waals surface area contributed by atoms with Crippen LogP contribution in [0.1, 0.15) is 12.8 Å². The minimum Gasteiger partial charge on any atom is -0.370 e. The van der Waals surface area contributed by atoms with Crippen LogP contribution >= 0.6 is 11.8 Å². The predicted molar refractivity (Wildman–Crippen MR) is 65.3 cm³/mol. The quantitative estimate of drug-likeness (QED) is 0.765. The first kappa shape index (κ1) is 12.6. The summed E-state index contributed by atoms with van der Waals surface area (Å²) in [5.74, 6) is -0.663. The van der Waals surface area contributed by atoms with Gasteiger partial charge in [0.05, 0.1) is 0 Å². The van der Waals surface area contributed by atoms with Gasteiger partial charge in [-0.05, 0) is 30.5 Å². The molecule has 3 N–H and O–H groups in total. The van der Waals surface area contributed by atoms with Gasteiger partial charge in [0.15, 0.2) is 0 Å². The molecule has 2 amide bonds. The number of anilines is 1. The van der Waals surface area contributed by atoms with Crippen LogP contribution in [0.25, 0.3) is 0 Å². The molecule has 0 aliphatic carbocycles. The molecular formula is C11H14N2O2S. The van der Waals surface area contributed by atoms with Crippen molar-refractivity contribution in [2.24, 2.45) is 5.73 Å². The highest BCUT2D eigenvalue weighted by molar-refractivity contribution is 7.98. The van der Waals surface area contributed by atoms with E-state index in [4.69, 9.17) is 5.73 Å². The third-order valence-electron chi connectivity index (χ3n) is 1.97. The molecule has 0 unspecified atom stereocenters. The van der Waals surface area contributed by atoms with Crippen LogP contribution in [0.4, 0.5) is 5.69 Å². The highest BCUT2D eigenvalue weighted by atomic mass is 32.2. The van der Waals surface area contributed by atoms with Crippen LogP contribution in [0.5, 0.6) is 0 Å². The highest BCUT2D eigenvalue weighted by Gasteiger charge is 2.04. The summed E-state index contributed by atoms with van der Waals surface area (Å²) in [7, 11) is 0. The standard InChI is InChI=1S/C11H14N2O2S/c1-16-9-4-2-8(3-5-9)13-11(15)7-6-10(12)14/h2-5H,6-7H2,1H3,(H2,12,14)(H,13,15). The van der Waals surface area contributed by atoms with Crippen molar-refractivity contribution in [3.63, 3.8) is 0 Å². The number of hydrogen-bond donors (Lipinski definition) is 2. The average Bonchev–Trinajstić information content (AvgIpc) is 2.27. The Morgan fingerprint density at radius 1 is 1.25 bits per heavy atom. The Balaban J connectivity index is 2.46. The fourth-order valence-corrected chi connectivity index (χ4v) is 1.54. The van der Waals surface area contributed by atoms with Crippen molar-refractivity contribution in [2.75, 3.05) is 11.6 Å². The van der Waals surface area contributed by atoms with Crippen LogP contribution in [0.15, 0.2) is 29.2 Å². The monoisotopic (exact) mass is 238 g/mol. The number of hydrogen-bond acceptors (Lipinski definition) is 3. The Labute approximate surface area is 98.6 Å². The fraction of sp³-hybridized carbons (Fsp3) is 0.273. The predicted octanol–water partition coefficient (Wildman–Crippen LogP) is 1.61. The zero-order chi connectivity index (χ0) is 12.0. The van der Waals surface area contributed by atoms with Gasteiger partial charge in [-0.15, -0.1) is 11.8 Å². The topological polar surface area (TPSA) is 72.2 Å². The molecule has 0 fully saturated rings. The van der Waals surface area contributed by atoms with Gasteiger partial charge in [0.2, 0.25) is 11.8 Å². The molecule has 1 rings (SSSR count). The van der Waals surface area contributed by atoms with Crippen molar-refractivity contribution in [2.45, 2.75) is 17.7 Å². The maximum absolute atomic E-state index is 11.3. The second kappa shape index (κ2) is 6.17. The summed E-state index contributed by atoms with van der Waals surface area (Å²) < 4.78 is 0. The maximum atomic E-state index is 11.3. The number of rotatable bonds is 5. The van der Waals surface area contributed by atoms with E-state index in [0.29, 0.717) is 0 Å². The molecule has 0 spiro atoms. The first-order chi connectivity index (χ1) is 7.61. The van der Waals surface area contributed by atoms with Crippen molar-refractivity contribution in [3.8, 4) is 0 Å². The van der Waals surface area contributed by atoms with Crippen LogP contribution in [0, 0.1) is 0 Å². The van der Waals surface area contributed by atoms with Gasteiger partial charge in [-0.1, -0.05) is 0 Å². The molecule has 5 heteroatoms. The molecule has 1 aromatic rings. The Hall–Kier alpha value is -1.49. The zero-order valence-corrected chi connectivity index (χ0v) is 9.84. The first-order valence-corrected chi connectivity index (χ1v) is 6.06. The minimum absolute atomic E-state index is 0.0781. The molecule has 4 nitrogen and oxygen atoms in total. The molecule has 0 aliphatic rings. The molecule has 0 saturated heterocycles. The Morgan fingerprint density at radius 3 is 2.38 bits per heavy atom. The van der Waals surface area contributed by atoms with Gasteiger partial charge in [-0.3, -0.25) is 9.59 Å². The van der Waals surface area contributed by atoms with E-state index in [9.17, 15) is 9.59 Å². The maximum Gasteiger partial charge on any atom is 0.224 e. The summed E-state index contributed by atoms with van der Waals surface area (Å²) in [5.41, 5.74) is 5.68. The van der Waals surface area contributed by atoms with E-state index in [0.717, 1.165) is 10.6 Å². The van der Waals surface area contributed by atoms with Crippen molar-refractivity contribution < 1.29 is 9.59 Å². The van der Waals surface area contributed by atoms with Gasteiger partial charge in [0.25, 0.3) is 0 Å². The van der Waals surface area contributed by atoms with Gasteiger partial charge in [0, 0.05) is 23.4 Å². The molecule has 1 aromatic carbocycles.